The van der Waals surface area contributed by atoms with Gasteiger partial charge in [-0.3, -0.25) is 0 Å². The van der Waals surface area contributed by atoms with Crippen molar-refractivity contribution < 1.29 is 4.74 Å². The normalized spacial score (nSPS) is 11.0. The van der Waals surface area contributed by atoms with Crippen LogP contribution >= 0.6 is 0 Å². The van der Waals surface area contributed by atoms with Crippen molar-refractivity contribution in [3.63, 3.8) is 0 Å². The second-order valence-electron chi connectivity index (χ2n) is 4.58. The number of aromatic nitrogens is 3. The molecule has 22 heavy (non-hydrogen) atoms. The summed E-state index contributed by atoms with van der Waals surface area (Å²) < 4.78 is 7.24. The van der Waals surface area contributed by atoms with E-state index in [2.05, 4.69) is 15.3 Å². The Morgan fingerprint density at radius 2 is 1.86 bits per heavy atom. The maximum Gasteiger partial charge on any atom is 0.184 e. The van der Waals surface area contributed by atoms with E-state index in [1.54, 1.807) is 17.2 Å². The Morgan fingerprint density at radius 1 is 1.09 bits per heavy atom. The van der Waals surface area contributed by atoms with Crippen molar-refractivity contribution in [2.45, 2.75) is 6.92 Å². The Hall–Kier alpha value is -2.95. The summed E-state index contributed by atoms with van der Waals surface area (Å²) in [5.41, 5.74) is 1.88. The van der Waals surface area contributed by atoms with Crippen LogP contribution in [0.5, 0.6) is 5.75 Å². The molecule has 1 heterocycles. The van der Waals surface area contributed by atoms with Crippen LogP contribution in [0.15, 0.2) is 66.0 Å². The first kappa shape index (κ1) is 14.0. The minimum atomic E-state index is 0.618. The number of rotatable bonds is 5. The van der Waals surface area contributed by atoms with Gasteiger partial charge in [0.05, 0.1) is 12.8 Å². The molecule has 0 aliphatic carbocycles. The first-order valence-corrected chi connectivity index (χ1v) is 7.10. The highest BCUT2D eigenvalue weighted by atomic mass is 16.5. The molecule has 0 aliphatic heterocycles. The molecule has 3 aromatic rings. The van der Waals surface area contributed by atoms with Crippen molar-refractivity contribution in [1.82, 2.24) is 14.9 Å². The molecule has 0 aliphatic rings. The summed E-state index contributed by atoms with van der Waals surface area (Å²) in [6.45, 7) is 2.58. The summed E-state index contributed by atoms with van der Waals surface area (Å²) >= 11 is 0. The lowest BCUT2D eigenvalue weighted by molar-refractivity contribution is 0.340. The van der Waals surface area contributed by atoms with Crippen LogP contribution in [-0.4, -0.2) is 27.7 Å². The maximum atomic E-state index is 5.59. The van der Waals surface area contributed by atoms with Crippen molar-refractivity contribution >= 4 is 6.21 Å². The molecule has 0 spiro atoms. The van der Waals surface area contributed by atoms with Gasteiger partial charge < -0.3 is 4.74 Å². The summed E-state index contributed by atoms with van der Waals surface area (Å²) in [7, 11) is 0. The number of benzene rings is 2. The van der Waals surface area contributed by atoms with Crippen LogP contribution in [0.4, 0.5) is 0 Å². The molecule has 0 amide bonds. The highest BCUT2D eigenvalue weighted by molar-refractivity contribution is 5.83. The number of ether oxygens (including phenoxy) is 1. The van der Waals surface area contributed by atoms with Crippen LogP contribution in [-0.2, 0) is 0 Å². The first-order chi connectivity index (χ1) is 10.9. The molecule has 0 fully saturated rings. The minimum absolute atomic E-state index is 0.618. The predicted molar refractivity (Wildman–Crippen MR) is 86.1 cm³/mol. The average molecular weight is 292 g/mol. The Bertz CT molecular complexity index is 765. The molecule has 3 rings (SSSR count). The summed E-state index contributed by atoms with van der Waals surface area (Å²) in [5.74, 6) is 1.51. The molecule has 0 radical (unpaired) electrons. The molecule has 2 aromatic carbocycles. The van der Waals surface area contributed by atoms with E-state index < -0.39 is 0 Å². The van der Waals surface area contributed by atoms with Gasteiger partial charge in [0, 0.05) is 11.1 Å². The van der Waals surface area contributed by atoms with Crippen molar-refractivity contribution in [1.29, 1.82) is 0 Å². The van der Waals surface area contributed by atoms with E-state index in [1.807, 2.05) is 61.5 Å². The van der Waals surface area contributed by atoms with Gasteiger partial charge in [-0.25, -0.2) is 0 Å². The van der Waals surface area contributed by atoms with E-state index in [9.17, 15) is 0 Å². The lowest BCUT2D eigenvalue weighted by atomic mass is 10.2. The standard InChI is InChI=1S/C17H16N4O/c1-2-22-16-11-7-6-10-15(16)12-19-21-13-18-20-17(21)14-8-4-3-5-9-14/h3-13H,2H2,1H3/b19-12-. The van der Waals surface area contributed by atoms with Gasteiger partial charge in [0.15, 0.2) is 5.82 Å². The predicted octanol–water partition coefficient (Wildman–Crippen LogP) is 3.23. The summed E-state index contributed by atoms with van der Waals surface area (Å²) in [5, 5.41) is 12.5. The van der Waals surface area contributed by atoms with E-state index in [0.717, 1.165) is 16.9 Å². The molecule has 1 aromatic heterocycles. The number of para-hydroxylation sites is 1. The molecule has 110 valence electrons. The molecule has 0 saturated carbocycles. The molecule has 0 N–H and O–H groups in total. The van der Waals surface area contributed by atoms with Gasteiger partial charge in [-0.1, -0.05) is 42.5 Å². The molecule has 5 nitrogen and oxygen atoms in total. The monoisotopic (exact) mass is 292 g/mol. The quantitative estimate of drug-likeness (QED) is 0.678. The highest BCUT2D eigenvalue weighted by Crippen LogP contribution is 2.18. The van der Waals surface area contributed by atoms with Crippen molar-refractivity contribution in [2.75, 3.05) is 6.61 Å². The Kier molecular flexibility index (Phi) is 4.25. The Labute approximate surface area is 128 Å². The lowest BCUT2D eigenvalue weighted by Crippen LogP contribution is -1.97. The van der Waals surface area contributed by atoms with Crippen LogP contribution in [0, 0.1) is 0 Å². The van der Waals surface area contributed by atoms with Gasteiger partial charge in [-0.2, -0.15) is 9.78 Å². The fourth-order valence-electron chi connectivity index (χ4n) is 2.09. The molecule has 0 bridgehead atoms. The fourth-order valence-corrected chi connectivity index (χ4v) is 2.09. The fraction of sp³-hybridized carbons (Fsp3) is 0.118. The van der Waals surface area contributed by atoms with Gasteiger partial charge in [-0.05, 0) is 19.1 Å². The summed E-state index contributed by atoms with van der Waals surface area (Å²) in [6, 6.07) is 17.6. The third kappa shape index (κ3) is 3.03. The Morgan fingerprint density at radius 3 is 2.68 bits per heavy atom. The average Bonchev–Trinajstić information content (AvgIpc) is 3.04. The van der Waals surface area contributed by atoms with Crippen LogP contribution in [0.25, 0.3) is 11.4 Å². The van der Waals surface area contributed by atoms with E-state index in [0.29, 0.717) is 12.4 Å². The molecular weight excluding hydrogens is 276 g/mol. The van der Waals surface area contributed by atoms with Crippen molar-refractivity contribution in [2.24, 2.45) is 5.10 Å². The van der Waals surface area contributed by atoms with E-state index in [-0.39, 0.29) is 0 Å². The summed E-state index contributed by atoms with van der Waals surface area (Å²) in [4.78, 5) is 0. The zero-order chi connectivity index (χ0) is 15.2. The van der Waals surface area contributed by atoms with Crippen LogP contribution < -0.4 is 4.74 Å². The lowest BCUT2D eigenvalue weighted by Gasteiger charge is -2.06. The van der Waals surface area contributed by atoms with Gasteiger partial charge in [0.1, 0.15) is 12.1 Å². The van der Waals surface area contributed by atoms with E-state index in [1.165, 1.54) is 0 Å². The third-order valence-electron chi connectivity index (χ3n) is 3.10. The SMILES string of the molecule is CCOc1ccccc1/C=N\n1cnnc1-c1ccccc1. The number of hydrogen-bond acceptors (Lipinski definition) is 4. The number of hydrogen-bond donors (Lipinski definition) is 0. The number of nitrogens with zero attached hydrogens (tertiary/aromatic N) is 4. The molecule has 0 saturated heterocycles. The molecular formula is C17H16N4O. The van der Waals surface area contributed by atoms with Crippen LogP contribution in [0.1, 0.15) is 12.5 Å². The third-order valence-corrected chi connectivity index (χ3v) is 3.10. The molecule has 0 atom stereocenters. The second kappa shape index (κ2) is 6.67. The smallest absolute Gasteiger partial charge is 0.184 e. The van der Waals surface area contributed by atoms with Crippen molar-refractivity contribution in [3.05, 3.63) is 66.5 Å². The van der Waals surface area contributed by atoms with Gasteiger partial charge in [-0.15, -0.1) is 10.2 Å². The first-order valence-electron chi connectivity index (χ1n) is 7.10. The van der Waals surface area contributed by atoms with E-state index in [4.69, 9.17) is 4.74 Å². The topological polar surface area (TPSA) is 52.3 Å². The summed E-state index contributed by atoms with van der Waals surface area (Å²) in [6.07, 6.45) is 3.34. The van der Waals surface area contributed by atoms with E-state index >= 15 is 0 Å². The van der Waals surface area contributed by atoms with Gasteiger partial charge >= 0.3 is 0 Å². The van der Waals surface area contributed by atoms with Crippen molar-refractivity contribution in [3.8, 4) is 17.1 Å². The zero-order valence-electron chi connectivity index (χ0n) is 12.3. The van der Waals surface area contributed by atoms with Crippen LogP contribution in [0.3, 0.4) is 0 Å². The Balaban J connectivity index is 1.90. The van der Waals surface area contributed by atoms with Gasteiger partial charge in [0.25, 0.3) is 0 Å². The zero-order valence-corrected chi connectivity index (χ0v) is 12.3. The molecule has 5 heteroatoms. The highest BCUT2D eigenvalue weighted by Gasteiger charge is 2.05. The van der Waals surface area contributed by atoms with Gasteiger partial charge in [0.2, 0.25) is 0 Å². The molecule has 0 unspecified atom stereocenters. The maximum absolute atomic E-state index is 5.59. The van der Waals surface area contributed by atoms with Crippen LogP contribution in [0.2, 0.25) is 0 Å². The largest absolute Gasteiger partial charge is 0.493 e. The minimum Gasteiger partial charge on any atom is -0.493 e. The second-order valence-corrected chi connectivity index (χ2v) is 4.58.